The van der Waals surface area contributed by atoms with Gasteiger partial charge in [0.25, 0.3) is 0 Å². The molecule has 0 spiro atoms. The number of fused-ring (bicyclic) bond motifs is 1. The molecule has 3 nitrogen and oxygen atoms in total. The summed E-state index contributed by atoms with van der Waals surface area (Å²) in [6, 6.07) is 7.28. The summed E-state index contributed by atoms with van der Waals surface area (Å²) in [6.45, 7) is 2.62. The smallest absolute Gasteiger partial charge is 0.207 e. The molecule has 6 heteroatoms. The molecule has 1 aromatic carbocycles. The van der Waals surface area contributed by atoms with Gasteiger partial charge in [0.15, 0.2) is 0 Å². The van der Waals surface area contributed by atoms with Crippen LogP contribution in [0.15, 0.2) is 29.2 Å². The molecule has 1 aliphatic heterocycles. The minimum absolute atomic E-state index is 0.152. The van der Waals surface area contributed by atoms with Gasteiger partial charge in [-0.3, -0.25) is 0 Å². The van der Waals surface area contributed by atoms with Gasteiger partial charge < -0.3 is 0 Å². The summed E-state index contributed by atoms with van der Waals surface area (Å²) in [5, 5.41) is 0. The first-order chi connectivity index (χ1) is 9.39. The van der Waals surface area contributed by atoms with Crippen LogP contribution in [-0.2, 0) is 10.0 Å². The Hall–Kier alpha value is 0.0900. The molecule has 3 rings (SSSR count). The van der Waals surface area contributed by atoms with E-state index < -0.39 is 10.0 Å². The third kappa shape index (κ3) is 2.49. The Kier molecular flexibility index (Phi) is 4.03. The van der Waals surface area contributed by atoms with E-state index in [4.69, 9.17) is 0 Å². The molecule has 0 N–H and O–H groups in total. The van der Waals surface area contributed by atoms with Crippen molar-refractivity contribution in [3.63, 3.8) is 0 Å². The second-order valence-electron chi connectivity index (χ2n) is 5.72. The highest BCUT2D eigenvalue weighted by Crippen LogP contribution is 2.44. The Morgan fingerprint density at radius 1 is 1.10 bits per heavy atom. The summed E-state index contributed by atoms with van der Waals surface area (Å²) in [7, 11) is -3.33. The molecule has 2 aliphatic rings. The fraction of sp³-hybridized carbons (Fsp3) is 0.571. The maximum Gasteiger partial charge on any atom is 0.243 e. The first-order valence-corrected chi connectivity index (χ1v) is 10.0. The average Bonchev–Trinajstić information content (AvgIpc) is 2.38. The van der Waals surface area contributed by atoms with E-state index in [1.54, 1.807) is 16.4 Å². The quantitative estimate of drug-likeness (QED) is 0.685. The van der Waals surface area contributed by atoms with Gasteiger partial charge in [-0.05, 0) is 37.8 Å². The number of nitrogens with zero attached hydrogens (tertiary/aromatic N) is 1. The Morgan fingerprint density at radius 3 is 2.35 bits per heavy atom. The zero-order valence-corrected chi connectivity index (χ0v) is 15.2. The number of sulfonamides is 1. The molecule has 1 saturated heterocycles. The minimum Gasteiger partial charge on any atom is -0.207 e. The van der Waals surface area contributed by atoms with Crippen LogP contribution in [0.4, 0.5) is 0 Å². The molecular formula is C14H17Br2NO2S. The Morgan fingerprint density at radius 2 is 1.70 bits per heavy atom. The molecule has 0 aromatic heterocycles. The minimum atomic E-state index is -3.33. The number of benzene rings is 1. The van der Waals surface area contributed by atoms with Crippen LogP contribution in [-0.4, -0.2) is 35.0 Å². The largest absolute Gasteiger partial charge is 0.243 e. The highest BCUT2D eigenvalue weighted by Gasteiger charge is 2.50. The van der Waals surface area contributed by atoms with Gasteiger partial charge in [0.05, 0.1) is 4.90 Å². The van der Waals surface area contributed by atoms with Crippen molar-refractivity contribution in [2.75, 3.05) is 6.54 Å². The van der Waals surface area contributed by atoms with E-state index in [1.165, 1.54) is 0 Å². The van der Waals surface area contributed by atoms with Gasteiger partial charge in [0, 0.05) is 22.2 Å². The van der Waals surface area contributed by atoms with Crippen LogP contribution >= 0.6 is 31.9 Å². The van der Waals surface area contributed by atoms with Crippen LogP contribution in [0.1, 0.15) is 18.4 Å². The topological polar surface area (TPSA) is 37.4 Å². The molecule has 1 heterocycles. The maximum atomic E-state index is 12.7. The number of hydrogen-bond donors (Lipinski definition) is 0. The Balaban J connectivity index is 1.82. The zero-order valence-electron chi connectivity index (χ0n) is 11.2. The van der Waals surface area contributed by atoms with Gasteiger partial charge in [0.1, 0.15) is 0 Å². The Bertz CT molecular complexity index is 602. The summed E-state index contributed by atoms with van der Waals surface area (Å²) < 4.78 is 27.0. The first kappa shape index (κ1) is 15.0. The summed E-state index contributed by atoms with van der Waals surface area (Å²) in [4.78, 5) is 1.21. The van der Waals surface area contributed by atoms with E-state index in [2.05, 4.69) is 31.9 Å². The summed E-state index contributed by atoms with van der Waals surface area (Å²) in [5.74, 6) is 0.494. The van der Waals surface area contributed by atoms with Crippen molar-refractivity contribution < 1.29 is 8.42 Å². The molecule has 20 heavy (non-hydrogen) atoms. The van der Waals surface area contributed by atoms with Crippen LogP contribution in [0.2, 0.25) is 0 Å². The molecule has 0 bridgehead atoms. The van der Waals surface area contributed by atoms with Crippen molar-refractivity contribution in [3.8, 4) is 0 Å². The van der Waals surface area contributed by atoms with Gasteiger partial charge in [-0.25, -0.2) is 8.42 Å². The number of hydrogen-bond acceptors (Lipinski definition) is 2. The Labute approximate surface area is 137 Å². The molecule has 110 valence electrons. The van der Waals surface area contributed by atoms with Crippen LogP contribution in [0, 0.1) is 12.8 Å². The molecule has 0 unspecified atom stereocenters. The molecule has 4 atom stereocenters. The van der Waals surface area contributed by atoms with Crippen molar-refractivity contribution in [2.45, 2.75) is 40.4 Å². The van der Waals surface area contributed by atoms with Crippen LogP contribution in [0.3, 0.4) is 0 Å². The van der Waals surface area contributed by atoms with Crippen molar-refractivity contribution in [2.24, 2.45) is 5.92 Å². The molecule has 2 fully saturated rings. The highest BCUT2D eigenvalue weighted by molar-refractivity contribution is 9.12. The second-order valence-corrected chi connectivity index (χ2v) is 9.96. The van der Waals surface area contributed by atoms with Crippen molar-refractivity contribution >= 4 is 41.9 Å². The van der Waals surface area contributed by atoms with E-state index >= 15 is 0 Å². The molecular weight excluding hydrogens is 406 g/mol. The normalized spacial score (nSPS) is 34.4. The lowest BCUT2D eigenvalue weighted by atomic mass is 9.79. The predicted octanol–water partition coefficient (Wildman–Crippen LogP) is 3.30. The van der Waals surface area contributed by atoms with E-state index in [-0.39, 0.29) is 6.04 Å². The molecule has 1 aromatic rings. The maximum absolute atomic E-state index is 12.7. The molecule has 1 aliphatic carbocycles. The highest BCUT2D eigenvalue weighted by atomic mass is 79.9. The second kappa shape index (κ2) is 5.38. The van der Waals surface area contributed by atoms with Crippen LogP contribution < -0.4 is 0 Å². The van der Waals surface area contributed by atoms with Crippen molar-refractivity contribution in [1.82, 2.24) is 4.31 Å². The number of alkyl halides is 2. The van der Waals surface area contributed by atoms with Crippen molar-refractivity contribution in [3.05, 3.63) is 29.8 Å². The molecule has 0 amide bonds. The van der Waals surface area contributed by atoms with Crippen LogP contribution in [0.5, 0.6) is 0 Å². The SMILES string of the molecule is Cc1ccc(S(=O)(=O)N2C[C@@H]3C[C@H](Br)[C@@H](Br)C[C@@H]32)cc1. The number of halogens is 2. The van der Waals surface area contributed by atoms with Gasteiger partial charge in [-0.15, -0.1) is 0 Å². The summed E-state index contributed by atoms with van der Waals surface area (Å²) in [5.41, 5.74) is 1.07. The van der Waals surface area contributed by atoms with Crippen molar-refractivity contribution in [1.29, 1.82) is 0 Å². The standard InChI is InChI=1S/C14H17Br2NO2S/c1-9-2-4-11(5-3-9)20(18,19)17-8-10-6-12(15)13(16)7-14(10)17/h2-5,10,12-14H,6-8H2,1H3/t10-,12-,13-,14-/m0/s1. The monoisotopic (exact) mass is 421 g/mol. The van der Waals surface area contributed by atoms with Gasteiger partial charge in [-0.2, -0.15) is 4.31 Å². The molecule has 0 radical (unpaired) electrons. The summed E-state index contributed by atoms with van der Waals surface area (Å²) in [6.07, 6.45) is 1.92. The summed E-state index contributed by atoms with van der Waals surface area (Å²) >= 11 is 7.31. The van der Waals surface area contributed by atoms with E-state index in [0.717, 1.165) is 18.4 Å². The van der Waals surface area contributed by atoms with E-state index in [1.807, 2.05) is 19.1 Å². The lowest BCUT2D eigenvalue weighted by molar-refractivity contribution is 0.0667. The van der Waals surface area contributed by atoms with E-state index in [0.29, 0.717) is 27.0 Å². The third-order valence-electron chi connectivity index (χ3n) is 4.34. The van der Waals surface area contributed by atoms with Gasteiger partial charge >= 0.3 is 0 Å². The lowest BCUT2D eigenvalue weighted by Crippen LogP contribution is -2.62. The average molecular weight is 423 g/mol. The van der Waals surface area contributed by atoms with Crippen LogP contribution in [0.25, 0.3) is 0 Å². The fourth-order valence-corrected chi connectivity index (χ4v) is 6.11. The lowest BCUT2D eigenvalue weighted by Gasteiger charge is -2.52. The number of aryl methyl sites for hydroxylation is 1. The zero-order chi connectivity index (χ0) is 14.5. The predicted molar refractivity (Wildman–Crippen MR) is 87.0 cm³/mol. The number of rotatable bonds is 2. The first-order valence-electron chi connectivity index (χ1n) is 6.76. The van der Waals surface area contributed by atoms with Gasteiger partial charge in [0.2, 0.25) is 10.0 Å². The van der Waals surface area contributed by atoms with Gasteiger partial charge in [-0.1, -0.05) is 49.6 Å². The fourth-order valence-electron chi connectivity index (χ4n) is 3.06. The third-order valence-corrected chi connectivity index (χ3v) is 8.98. The van der Waals surface area contributed by atoms with E-state index in [9.17, 15) is 8.42 Å². The molecule has 1 saturated carbocycles.